The van der Waals surface area contributed by atoms with Crippen LogP contribution in [0.1, 0.15) is 22.3 Å². The molecule has 6 nitrogen and oxygen atoms in total. The third kappa shape index (κ3) is 3.44. The number of fused-ring (bicyclic) bond motifs is 1. The summed E-state index contributed by atoms with van der Waals surface area (Å²) in [5, 5.41) is 0. The number of nitrogens with zero attached hydrogens (tertiary/aromatic N) is 2. The van der Waals surface area contributed by atoms with Crippen LogP contribution in [0, 0.1) is 0 Å². The quantitative estimate of drug-likeness (QED) is 0.812. The van der Waals surface area contributed by atoms with Crippen LogP contribution in [-0.2, 0) is 21.2 Å². The van der Waals surface area contributed by atoms with E-state index < -0.39 is 10.0 Å². The summed E-state index contributed by atoms with van der Waals surface area (Å²) in [6.07, 6.45) is 1.49. The highest BCUT2D eigenvalue weighted by atomic mass is 32.2. The van der Waals surface area contributed by atoms with Crippen molar-refractivity contribution in [2.75, 3.05) is 37.2 Å². The molecule has 4 rings (SSSR count). The van der Waals surface area contributed by atoms with Crippen molar-refractivity contribution in [3.05, 3.63) is 59.7 Å². The van der Waals surface area contributed by atoms with Gasteiger partial charge < -0.3 is 9.64 Å². The summed E-state index contributed by atoms with van der Waals surface area (Å²) in [4.78, 5) is 14.8. The molecule has 0 saturated carbocycles. The molecule has 0 atom stereocenters. The van der Waals surface area contributed by atoms with Crippen LogP contribution >= 0.6 is 0 Å². The fraction of sp³-hybridized carbons (Fsp3) is 0.350. The van der Waals surface area contributed by atoms with Gasteiger partial charge in [0.25, 0.3) is 15.9 Å². The molecule has 0 N–H and O–H groups in total. The Labute approximate surface area is 159 Å². The number of morpholine rings is 1. The largest absolute Gasteiger partial charge is 0.378 e. The highest BCUT2D eigenvalue weighted by molar-refractivity contribution is 7.92. The number of hydrogen-bond acceptors (Lipinski definition) is 4. The zero-order valence-corrected chi connectivity index (χ0v) is 15.8. The topological polar surface area (TPSA) is 66.9 Å². The van der Waals surface area contributed by atoms with Gasteiger partial charge in [-0.05, 0) is 48.7 Å². The smallest absolute Gasteiger partial charge is 0.264 e. The number of carbonyl (C=O) groups is 1. The predicted molar refractivity (Wildman–Crippen MR) is 102 cm³/mol. The zero-order chi connectivity index (χ0) is 18.9. The lowest BCUT2D eigenvalue weighted by Gasteiger charge is -2.31. The lowest BCUT2D eigenvalue weighted by atomic mass is 10.00. The van der Waals surface area contributed by atoms with Gasteiger partial charge in [-0.25, -0.2) is 8.42 Å². The summed E-state index contributed by atoms with van der Waals surface area (Å²) >= 11 is 0. The van der Waals surface area contributed by atoms with E-state index in [4.69, 9.17) is 4.74 Å². The number of aryl methyl sites for hydroxylation is 1. The first kappa shape index (κ1) is 18.0. The molecule has 2 aliphatic heterocycles. The molecule has 2 aliphatic rings. The molecule has 2 aromatic carbocycles. The lowest BCUT2D eigenvalue weighted by molar-refractivity contribution is 0.0303. The molecule has 27 heavy (non-hydrogen) atoms. The Bertz CT molecular complexity index is 938. The van der Waals surface area contributed by atoms with Gasteiger partial charge in [0.2, 0.25) is 0 Å². The van der Waals surface area contributed by atoms with E-state index in [-0.39, 0.29) is 10.8 Å². The van der Waals surface area contributed by atoms with Gasteiger partial charge in [-0.15, -0.1) is 0 Å². The first-order chi connectivity index (χ1) is 13.1. The number of sulfonamides is 1. The maximum Gasteiger partial charge on any atom is 0.264 e. The number of rotatable bonds is 3. The molecule has 7 heteroatoms. The second-order valence-electron chi connectivity index (χ2n) is 6.74. The Kier molecular flexibility index (Phi) is 4.88. The highest BCUT2D eigenvalue weighted by Gasteiger charge is 2.30. The molecule has 0 aliphatic carbocycles. The Hall–Kier alpha value is -2.38. The van der Waals surface area contributed by atoms with Crippen LogP contribution in [0.2, 0.25) is 0 Å². The van der Waals surface area contributed by atoms with Gasteiger partial charge in [0.15, 0.2) is 0 Å². The van der Waals surface area contributed by atoms with Crippen molar-refractivity contribution in [2.24, 2.45) is 0 Å². The van der Waals surface area contributed by atoms with Crippen LogP contribution in [0.3, 0.4) is 0 Å². The van der Waals surface area contributed by atoms with Crippen molar-refractivity contribution in [3.63, 3.8) is 0 Å². The van der Waals surface area contributed by atoms with Gasteiger partial charge in [-0.2, -0.15) is 0 Å². The Morgan fingerprint density at radius 1 is 0.963 bits per heavy atom. The van der Waals surface area contributed by atoms with Gasteiger partial charge >= 0.3 is 0 Å². The summed E-state index contributed by atoms with van der Waals surface area (Å²) in [7, 11) is -3.61. The Morgan fingerprint density at radius 2 is 1.70 bits per heavy atom. The number of benzene rings is 2. The molecular formula is C20H22N2O4S. The third-order valence-corrected chi connectivity index (χ3v) is 6.86. The third-order valence-electron chi connectivity index (χ3n) is 5.03. The zero-order valence-electron chi connectivity index (χ0n) is 15.0. The van der Waals surface area contributed by atoms with E-state index in [0.29, 0.717) is 44.1 Å². The second kappa shape index (κ2) is 7.32. The first-order valence-corrected chi connectivity index (χ1v) is 10.6. The van der Waals surface area contributed by atoms with Crippen LogP contribution in [0.25, 0.3) is 0 Å². The molecule has 0 aromatic heterocycles. The van der Waals surface area contributed by atoms with Crippen LogP contribution in [0.5, 0.6) is 0 Å². The van der Waals surface area contributed by atoms with Crippen LogP contribution in [0.15, 0.2) is 53.4 Å². The first-order valence-electron chi connectivity index (χ1n) is 9.15. The van der Waals surface area contributed by atoms with Gasteiger partial charge in [0.1, 0.15) is 0 Å². The Morgan fingerprint density at radius 3 is 2.44 bits per heavy atom. The average Bonchev–Trinajstić information content (AvgIpc) is 2.73. The minimum atomic E-state index is -3.61. The number of anilines is 1. The van der Waals surface area contributed by atoms with Crippen LogP contribution < -0.4 is 4.31 Å². The fourth-order valence-corrected chi connectivity index (χ4v) is 5.18. The van der Waals surface area contributed by atoms with E-state index in [1.54, 1.807) is 47.4 Å². The van der Waals surface area contributed by atoms with Gasteiger partial charge in [0, 0.05) is 25.2 Å². The number of amides is 1. The molecule has 0 spiro atoms. The van der Waals surface area contributed by atoms with Crippen molar-refractivity contribution in [1.82, 2.24) is 4.90 Å². The second-order valence-corrected chi connectivity index (χ2v) is 8.60. The molecule has 1 amide bonds. The van der Waals surface area contributed by atoms with E-state index >= 15 is 0 Å². The summed E-state index contributed by atoms with van der Waals surface area (Å²) in [6.45, 7) is 2.73. The molecule has 0 bridgehead atoms. The van der Waals surface area contributed by atoms with Crippen LogP contribution in [-0.4, -0.2) is 52.1 Å². The SMILES string of the molecule is O=C(c1ccc2c(c1)CCCN2S(=O)(=O)c1ccccc1)N1CCOCC1. The van der Waals surface area contributed by atoms with E-state index in [9.17, 15) is 13.2 Å². The normalized spacial score (nSPS) is 17.5. The molecule has 2 aromatic rings. The molecule has 0 unspecified atom stereocenters. The molecule has 0 radical (unpaired) electrons. The maximum atomic E-state index is 13.1. The van der Waals surface area contributed by atoms with Gasteiger partial charge in [-0.1, -0.05) is 18.2 Å². The summed E-state index contributed by atoms with van der Waals surface area (Å²) < 4.78 is 32.9. The van der Waals surface area contributed by atoms with E-state index in [1.165, 1.54) is 4.31 Å². The van der Waals surface area contributed by atoms with E-state index in [2.05, 4.69) is 0 Å². The molecule has 2 heterocycles. The van der Waals surface area contributed by atoms with Gasteiger partial charge in [0.05, 0.1) is 23.8 Å². The molecule has 1 saturated heterocycles. The van der Waals surface area contributed by atoms with Crippen molar-refractivity contribution in [2.45, 2.75) is 17.7 Å². The lowest BCUT2D eigenvalue weighted by Crippen LogP contribution is -2.41. The Balaban J connectivity index is 1.65. The number of hydrogen-bond donors (Lipinski definition) is 0. The highest BCUT2D eigenvalue weighted by Crippen LogP contribution is 2.33. The minimum Gasteiger partial charge on any atom is -0.378 e. The number of carbonyl (C=O) groups excluding carboxylic acids is 1. The molecule has 142 valence electrons. The summed E-state index contributed by atoms with van der Waals surface area (Å²) in [5.41, 5.74) is 2.18. The predicted octanol–water partition coefficient (Wildman–Crippen LogP) is 2.30. The van der Waals surface area contributed by atoms with Crippen LogP contribution in [0.4, 0.5) is 5.69 Å². The van der Waals surface area contributed by atoms with Crippen molar-refractivity contribution in [3.8, 4) is 0 Å². The standard InChI is InChI=1S/C20H22N2O4S/c23-20(21-11-13-26-14-12-21)17-8-9-19-16(15-17)5-4-10-22(19)27(24,25)18-6-2-1-3-7-18/h1-3,6-9,15H,4-5,10-14H2. The van der Waals surface area contributed by atoms with E-state index in [0.717, 1.165) is 18.4 Å². The average molecular weight is 386 g/mol. The van der Waals surface area contributed by atoms with Crippen molar-refractivity contribution < 1.29 is 17.9 Å². The van der Waals surface area contributed by atoms with E-state index in [1.807, 2.05) is 6.07 Å². The minimum absolute atomic E-state index is 0.0239. The maximum absolute atomic E-state index is 13.1. The number of ether oxygens (including phenoxy) is 1. The van der Waals surface area contributed by atoms with Crippen molar-refractivity contribution in [1.29, 1.82) is 0 Å². The summed E-state index contributed by atoms with van der Waals surface area (Å²) in [5.74, 6) is -0.0239. The van der Waals surface area contributed by atoms with Crippen molar-refractivity contribution >= 4 is 21.6 Å². The molecular weight excluding hydrogens is 364 g/mol. The molecule has 1 fully saturated rings. The monoisotopic (exact) mass is 386 g/mol. The fourth-order valence-electron chi connectivity index (χ4n) is 3.61. The summed E-state index contributed by atoms with van der Waals surface area (Å²) in [6, 6.07) is 13.8. The van der Waals surface area contributed by atoms with Gasteiger partial charge in [-0.3, -0.25) is 9.10 Å².